The number of hydrogen-bond donors (Lipinski definition) is 1. The van der Waals surface area contributed by atoms with Crippen LogP contribution < -0.4 is 5.32 Å². The third-order valence-corrected chi connectivity index (χ3v) is 10.0. The van der Waals surface area contributed by atoms with E-state index in [0.717, 1.165) is 89.0 Å². The number of pyridine rings is 1. The zero-order chi connectivity index (χ0) is 35.1. The van der Waals surface area contributed by atoms with E-state index in [1.807, 2.05) is 30.5 Å². The lowest BCUT2D eigenvalue weighted by Gasteiger charge is -2.25. The molecule has 0 fully saturated rings. The molecular weight excluding hydrogens is 647 g/mol. The van der Waals surface area contributed by atoms with Crippen molar-refractivity contribution in [1.82, 2.24) is 19.9 Å². The molecule has 250 valence electrons. The first-order valence-electron chi connectivity index (χ1n) is 17.9. The van der Waals surface area contributed by atoms with Gasteiger partial charge in [-0.2, -0.15) is 0 Å². The molecule has 0 spiro atoms. The van der Waals surface area contributed by atoms with Crippen LogP contribution in [0, 0.1) is 0 Å². The van der Waals surface area contributed by atoms with Gasteiger partial charge in [0.15, 0.2) is 0 Å². The monoisotopic (exact) mass is 679 g/mol. The van der Waals surface area contributed by atoms with Gasteiger partial charge in [-0.05, 0) is 64.2 Å². The van der Waals surface area contributed by atoms with E-state index in [2.05, 4.69) is 168 Å². The lowest BCUT2D eigenvalue weighted by molar-refractivity contribution is 0.664. The van der Waals surface area contributed by atoms with Crippen molar-refractivity contribution in [3.05, 3.63) is 205 Å². The molecule has 0 saturated heterocycles. The highest BCUT2D eigenvalue weighted by atomic mass is 15.1. The maximum absolute atomic E-state index is 5.39. The van der Waals surface area contributed by atoms with E-state index in [0.29, 0.717) is 0 Å². The SMILES string of the molecule is C1=C(c2cccc(-c3cccc(-n4c(-c5ccccc5)nc5c6ccccc6c6ncccc6c54)c3)c2)NC(c2ccccc2)N=C1c1ccccc1. The van der Waals surface area contributed by atoms with Crippen molar-refractivity contribution < 1.29 is 0 Å². The summed E-state index contributed by atoms with van der Waals surface area (Å²) >= 11 is 0. The number of aromatic nitrogens is 3. The molecule has 0 saturated carbocycles. The third kappa shape index (κ3) is 5.47. The Kier molecular flexibility index (Phi) is 7.47. The predicted molar refractivity (Wildman–Crippen MR) is 218 cm³/mol. The summed E-state index contributed by atoms with van der Waals surface area (Å²) in [6, 6.07) is 61.5. The zero-order valence-electron chi connectivity index (χ0n) is 28.8. The number of rotatable bonds is 6. The number of aliphatic imine (C=N–C) groups is 1. The topological polar surface area (TPSA) is 55.1 Å². The van der Waals surface area contributed by atoms with Crippen LogP contribution in [-0.2, 0) is 0 Å². The second-order valence-corrected chi connectivity index (χ2v) is 13.3. The van der Waals surface area contributed by atoms with Gasteiger partial charge in [0.1, 0.15) is 12.0 Å². The summed E-state index contributed by atoms with van der Waals surface area (Å²) in [5, 5.41) is 7.00. The molecular formula is C48H33N5. The van der Waals surface area contributed by atoms with Crippen LogP contribution in [0.4, 0.5) is 0 Å². The van der Waals surface area contributed by atoms with Gasteiger partial charge in [0.2, 0.25) is 0 Å². The molecule has 2 aromatic heterocycles. The maximum atomic E-state index is 5.39. The molecule has 5 heteroatoms. The summed E-state index contributed by atoms with van der Waals surface area (Å²) in [5.41, 5.74) is 12.6. The van der Waals surface area contributed by atoms with Gasteiger partial charge in [0.25, 0.3) is 0 Å². The average molecular weight is 680 g/mol. The lowest BCUT2D eigenvalue weighted by atomic mass is 9.98. The second kappa shape index (κ2) is 12.9. The van der Waals surface area contributed by atoms with Crippen LogP contribution in [0.15, 0.2) is 193 Å². The van der Waals surface area contributed by atoms with Gasteiger partial charge < -0.3 is 5.32 Å². The summed E-state index contributed by atoms with van der Waals surface area (Å²) in [7, 11) is 0. The largest absolute Gasteiger partial charge is 0.360 e. The van der Waals surface area contributed by atoms with Crippen molar-refractivity contribution >= 4 is 44.1 Å². The summed E-state index contributed by atoms with van der Waals surface area (Å²) in [6.07, 6.45) is 3.84. The number of nitrogens with one attached hydrogen (secondary N) is 1. The highest BCUT2D eigenvalue weighted by Crippen LogP contribution is 2.39. The van der Waals surface area contributed by atoms with Crippen molar-refractivity contribution in [2.75, 3.05) is 0 Å². The minimum absolute atomic E-state index is 0.204. The second-order valence-electron chi connectivity index (χ2n) is 13.3. The number of allylic oxidation sites excluding steroid dienone is 1. The van der Waals surface area contributed by atoms with Crippen molar-refractivity contribution in [3.8, 4) is 28.2 Å². The van der Waals surface area contributed by atoms with Gasteiger partial charge in [0, 0.05) is 39.3 Å². The molecule has 7 aromatic carbocycles. The maximum Gasteiger partial charge on any atom is 0.145 e. The van der Waals surface area contributed by atoms with Crippen molar-refractivity contribution in [2.24, 2.45) is 4.99 Å². The molecule has 3 heterocycles. The van der Waals surface area contributed by atoms with Crippen LogP contribution in [0.1, 0.15) is 22.9 Å². The van der Waals surface area contributed by atoms with E-state index < -0.39 is 0 Å². The first kappa shape index (κ1) is 30.7. The van der Waals surface area contributed by atoms with E-state index in [9.17, 15) is 0 Å². The van der Waals surface area contributed by atoms with Gasteiger partial charge in [-0.25, -0.2) is 4.98 Å². The molecule has 1 atom stereocenters. The molecule has 0 radical (unpaired) electrons. The fourth-order valence-electron chi connectivity index (χ4n) is 7.55. The molecule has 1 unspecified atom stereocenters. The number of fused-ring (bicyclic) bond motifs is 6. The number of imidazole rings is 1. The fraction of sp³-hybridized carbons (Fsp3) is 0.0208. The van der Waals surface area contributed by atoms with Crippen LogP contribution >= 0.6 is 0 Å². The molecule has 1 aliphatic rings. The van der Waals surface area contributed by atoms with Gasteiger partial charge in [-0.15, -0.1) is 0 Å². The molecule has 9 aromatic rings. The summed E-state index contributed by atoms with van der Waals surface area (Å²) in [6.45, 7) is 0. The molecule has 0 bridgehead atoms. The molecule has 1 aliphatic heterocycles. The molecule has 5 nitrogen and oxygen atoms in total. The standard InChI is InChI=1S/C48H33N5/c1-4-15-32(16-5-1)42-31-43(51-47(50-42)33-17-6-2-7-18-33)37-23-12-21-35(29-37)36-22-13-24-38(30-36)53-46-41-27-14-28-49-44(41)39-25-10-11-26-40(39)45(46)52-48(53)34-19-8-3-9-20-34/h1-31,47,51H. The number of benzene rings is 7. The van der Waals surface area contributed by atoms with E-state index in [4.69, 9.17) is 15.0 Å². The van der Waals surface area contributed by atoms with Crippen LogP contribution in [0.5, 0.6) is 0 Å². The van der Waals surface area contributed by atoms with Gasteiger partial charge in [0.05, 0.1) is 22.3 Å². The Balaban J connectivity index is 1.12. The minimum Gasteiger partial charge on any atom is -0.360 e. The van der Waals surface area contributed by atoms with Crippen molar-refractivity contribution in [2.45, 2.75) is 6.17 Å². The molecule has 1 N–H and O–H groups in total. The Hall–Kier alpha value is -7.11. The Morgan fingerprint density at radius 1 is 0.491 bits per heavy atom. The molecule has 10 rings (SSSR count). The van der Waals surface area contributed by atoms with E-state index >= 15 is 0 Å². The smallest absolute Gasteiger partial charge is 0.145 e. The van der Waals surface area contributed by atoms with Crippen LogP contribution in [0.2, 0.25) is 0 Å². The fourth-order valence-corrected chi connectivity index (χ4v) is 7.55. The normalized spacial score (nSPS) is 14.2. The van der Waals surface area contributed by atoms with Crippen molar-refractivity contribution in [1.29, 1.82) is 0 Å². The minimum atomic E-state index is -0.204. The Labute approximate surface area is 307 Å². The van der Waals surface area contributed by atoms with Crippen molar-refractivity contribution in [3.63, 3.8) is 0 Å². The van der Waals surface area contributed by atoms with Gasteiger partial charge in [-0.1, -0.05) is 146 Å². The van der Waals surface area contributed by atoms with Gasteiger partial charge >= 0.3 is 0 Å². The molecule has 0 aliphatic carbocycles. The van der Waals surface area contributed by atoms with E-state index in [1.54, 1.807) is 0 Å². The molecule has 53 heavy (non-hydrogen) atoms. The first-order chi connectivity index (χ1) is 26.3. The Morgan fingerprint density at radius 2 is 1.09 bits per heavy atom. The highest BCUT2D eigenvalue weighted by Gasteiger charge is 2.22. The molecule has 0 amide bonds. The van der Waals surface area contributed by atoms with E-state index in [1.165, 1.54) is 0 Å². The lowest BCUT2D eigenvalue weighted by Crippen LogP contribution is -2.24. The summed E-state index contributed by atoms with van der Waals surface area (Å²) in [5.74, 6) is 0.893. The zero-order valence-corrected chi connectivity index (χ0v) is 28.8. The van der Waals surface area contributed by atoms with Crippen LogP contribution in [0.25, 0.3) is 66.6 Å². The third-order valence-electron chi connectivity index (χ3n) is 10.0. The number of nitrogens with zero attached hydrogens (tertiary/aromatic N) is 4. The first-order valence-corrected chi connectivity index (χ1v) is 17.9. The summed E-state index contributed by atoms with van der Waals surface area (Å²) < 4.78 is 2.31. The van der Waals surface area contributed by atoms with E-state index in [-0.39, 0.29) is 6.17 Å². The Bertz CT molecular complexity index is 2850. The van der Waals surface area contributed by atoms with Crippen LogP contribution in [0.3, 0.4) is 0 Å². The number of hydrogen-bond acceptors (Lipinski definition) is 4. The average Bonchev–Trinajstić information content (AvgIpc) is 3.66. The summed E-state index contributed by atoms with van der Waals surface area (Å²) in [4.78, 5) is 15.4. The highest BCUT2D eigenvalue weighted by molar-refractivity contribution is 6.23. The quantitative estimate of drug-likeness (QED) is 0.178. The Morgan fingerprint density at radius 3 is 1.87 bits per heavy atom. The van der Waals surface area contributed by atoms with Gasteiger partial charge in [-0.3, -0.25) is 14.5 Å². The predicted octanol–water partition coefficient (Wildman–Crippen LogP) is 11.2. The van der Waals surface area contributed by atoms with Crippen LogP contribution in [-0.4, -0.2) is 20.2 Å².